The summed E-state index contributed by atoms with van der Waals surface area (Å²) in [6, 6.07) is 0.134. The minimum absolute atomic E-state index is 0.134. The van der Waals surface area contributed by atoms with E-state index in [0.29, 0.717) is 0 Å². The van der Waals surface area contributed by atoms with E-state index >= 15 is 0 Å². The molecule has 0 saturated heterocycles. The third kappa shape index (κ3) is 0.809. The van der Waals surface area contributed by atoms with Gasteiger partial charge in [0.1, 0.15) is 0 Å². The van der Waals surface area contributed by atoms with Gasteiger partial charge in [0, 0.05) is 24.7 Å². The van der Waals surface area contributed by atoms with Gasteiger partial charge in [0.15, 0.2) is 0 Å². The van der Waals surface area contributed by atoms with Crippen molar-refractivity contribution in [3.05, 3.63) is 23.5 Å². The number of hydrazone groups is 1. The number of hydrogen-bond acceptors (Lipinski definition) is 4. The highest BCUT2D eigenvalue weighted by Gasteiger charge is 2.33. The van der Waals surface area contributed by atoms with E-state index in [2.05, 4.69) is 5.10 Å². The number of nitrogens with two attached hydrogens (primary N) is 2. The fourth-order valence-corrected chi connectivity index (χ4v) is 1.66. The van der Waals surface area contributed by atoms with Crippen molar-refractivity contribution in [2.75, 3.05) is 7.05 Å². The van der Waals surface area contributed by atoms with Gasteiger partial charge < -0.3 is 11.5 Å². The summed E-state index contributed by atoms with van der Waals surface area (Å²) in [5.74, 6) is 0.167. The molecule has 12 heavy (non-hydrogen) atoms. The van der Waals surface area contributed by atoms with Crippen LogP contribution < -0.4 is 11.5 Å². The van der Waals surface area contributed by atoms with E-state index in [4.69, 9.17) is 11.5 Å². The highest BCUT2D eigenvalue weighted by Crippen LogP contribution is 2.27. The van der Waals surface area contributed by atoms with Crippen LogP contribution in [0.1, 0.15) is 0 Å². The van der Waals surface area contributed by atoms with E-state index in [1.54, 1.807) is 0 Å². The Bertz CT molecular complexity index is 289. The van der Waals surface area contributed by atoms with Crippen LogP contribution in [0.25, 0.3) is 0 Å². The Morgan fingerprint density at radius 1 is 1.33 bits per heavy atom. The van der Waals surface area contributed by atoms with Gasteiger partial charge in [-0.25, -0.2) is 0 Å². The Hall–Kier alpha value is -1.45. The van der Waals surface area contributed by atoms with Crippen LogP contribution in [0.15, 0.2) is 28.6 Å². The number of allylic oxidation sites excluding steroid dienone is 2. The summed E-state index contributed by atoms with van der Waals surface area (Å²) in [4.78, 5) is 0. The third-order valence-electron chi connectivity index (χ3n) is 2.35. The minimum atomic E-state index is 0.134. The zero-order valence-corrected chi connectivity index (χ0v) is 6.94. The van der Waals surface area contributed by atoms with Gasteiger partial charge in [-0.2, -0.15) is 5.10 Å². The van der Waals surface area contributed by atoms with Crippen molar-refractivity contribution < 1.29 is 0 Å². The molecule has 4 nitrogen and oxygen atoms in total. The predicted molar refractivity (Wildman–Crippen MR) is 48.1 cm³/mol. The number of hydrogen-bond donors (Lipinski definition) is 2. The number of fused-ring (bicyclic) bond motifs is 1. The second-order valence-electron chi connectivity index (χ2n) is 3.14. The first-order valence-electron chi connectivity index (χ1n) is 3.90. The van der Waals surface area contributed by atoms with Crippen molar-refractivity contribution in [1.29, 1.82) is 0 Å². The molecule has 1 aliphatic carbocycles. The second-order valence-corrected chi connectivity index (χ2v) is 3.14. The lowest BCUT2D eigenvalue weighted by molar-refractivity contribution is 0.288. The van der Waals surface area contributed by atoms with Crippen molar-refractivity contribution in [1.82, 2.24) is 5.01 Å². The quantitative estimate of drug-likeness (QED) is 0.512. The SMILES string of the molecule is CN1N=CC2C(N)=CC=C(N)C21. The zero-order chi connectivity index (χ0) is 8.72. The fourth-order valence-electron chi connectivity index (χ4n) is 1.66. The fraction of sp³-hybridized carbons (Fsp3) is 0.375. The molecular formula is C8H12N4. The summed E-state index contributed by atoms with van der Waals surface area (Å²) in [6.07, 6.45) is 5.54. The molecule has 2 rings (SSSR count). The molecule has 0 saturated carbocycles. The summed E-state index contributed by atoms with van der Waals surface area (Å²) >= 11 is 0. The van der Waals surface area contributed by atoms with E-state index < -0.39 is 0 Å². The maximum absolute atomic E-state index is 5.81. The zero-order valence-electron chi connectivity index (χ0n) is 6.94. The molecule has 2 atom stereocenters. The molecule has 0 aromatic carbocycles. The van der Waals surface area contributed by atoms with Crippen LogP contribution in [0.5, 0.6) is 0 Å². The maximum atomic E-state index is 5.81. The highest BCUT2D eigenvalue weighted by atomic mass is 15.5. The highest BCUT2D eigenvalue weighted by molar-refractivity contribution is 5.70. The van der Waals surface area contributed by atoms with E-state index in [9.17, 15) is 0 Å². The molecule has 2 aliphatic rings. The largest absolute Gasteiger partial charge is 0.401 e. The van der Waals surface area contributed by atoms with Gasteiger partial charge in [0.25, 0.3) is 0 Å². The maximum Gasteiger partial charge on any atom is 0.0992 e. The van der Waals surface area contributed by atoms with Gasteiger partial charge in [-0.1, -0.05) is 0 Å². The van der Waals surface area contributed by atoms with Gasteiger partial charge in [-0.05, 0) is 12.2 Å². The van der Waals surface area contributed by atoms with Gasteiger partial charge in [0.05, 0.1) is 12.0 Å². The van der Waals surface area contributed by atoms with Crippen molar-refractivity contribution in [3.8, 4) is 0 Å². The molecule has 0 bridgehead atoms. The van der Waals surface area contributed by atoms with Crippen LogP contribution in [0, 0.1) is 5.92 Å². The summed E-state index contributed by atoms with van der Waals surface area (Å²) in [5.41, 5.74) is 13.3. The third-order valence-corrected chi connectivity index (χ3v) is 2.35. The molecular weight excluding hydrogens is 152 g/mol. The molecule has 4 heteroatoms. The lowest BCUT2D eigenvalue weighted by Gasteiger charge is -2.27. The Labute approximate surface area is 71.2 Å². The number of rotatable bonds is 0. The van der Waals surface area contributed by atoms with Crippen LogP contribution >= 0.6 is 0 Å². The van der Waals surface area contributed by atoms with Crippen LogP contribution in [0.3, 0.4) is 0 Å². The van der Waals surface area contributed by atoms with E-state index in [0.717, 1.165) is 11.4 Å². The Morgan fingerprint density at radius 2 is 2.00 bits per heavy atom. The molecule has 0 aromatic rings. The van der Waals surface area contributed by atoms with Crippen molar-refractivity contribution in [2.45, 2.75) is 6.04 Å². The van der Waals surface area contributed by atoms with Crippen LogP contribution in [-0.2, 0) is 0 Å². The smallest absolute Gasteiger partial charge is 0.0992 e. The van der Waals surface area contributed by atoms with Gasteiger partial charge in [0.2, 0.25) is 0 Å². The topological polar surface area (TPSA) is 67.6 Å². The first-order chi connectivity index (χ1) is 5.70. The lowest BCUT2D eigenvalue weighted by Crippen LogP contribution is -2.38. The van der Waals surface area contributed by atoms with E-state index in [1.807, 2.05) is 30.4 Å². The van der Waals surface area contributed by atoms with E-state index in [1.165, 1.54) is 0 Å². The standard InChI is InChI=1S/C8H12N4/c1-12-8-5(4-11-12)6(9)2-3-7(8)10/h2-5,8H,9-10H2,1H3. The van der Waals surface area contributed by atoms with Gasteiger partial charge in [-0.3, -0.25) is 5.01 Å². The monoisotopic (exact) mass is 164 g/mol. The molecule has 1 aliphatic heterocycles. The van der Waals surface area contributed by atoms with Crippen molar-refractivity contribution in [3.63, 3.8) is 0 Å². The van der Waals surface area contributed by atoms with Crippen LogP contribution in [-0.4, -0.2) is 24.3 Å². The average Bonchev–Trinajstić information content (AvgIpc) is 2.42. The Kier molecular flexibility index (Phi) is 1.36. The molecule has 4 N–H and O–H groups in total. The summed E-state index contributed by atoms with van der Waals surface area (Å²) in [5, 5.41) is 5.99. The summed E-state index contributed by atoms with van der Waals surface area (Å²) < 4.78 is 0. The van der Waals surface area contributed by atoms with Crippen LogP contribution in [0.2, 0.25) is 0 Å². The Balaban J connectivity index is 2.37. The van der Waals surface area contributed by atoms with E-state index in [-0.39, 0.29) is 12.0 Å². The van der Waals surface area contributed by atoms with Gasteiger partial charge in [-0.15, -0.1) is 0 Å². The molecule has 1 heterocycles. The first kappa shape index (κ1) is 7.21. The molecule has 0 amide bonds. The number of likely N-dealkylation sites (N-methyl/N-ethyl adjacent to an activating group) is 1. The minimum Gasteiger partial charge on any atom is -0.401 e. The normalized spacial score (nSPS) is 32.9. The van der Waals surface area contributed by atoms with Crippen LogP contribution in [0.4, 0.5) is 0 Å². The molecule has 0 radical (unpaired) electrons. The average molecular weight is 164 g/mol. The predicted octanol–water partition coefficient (Wildman–Crippen LogP) is -0.399. The molecule has 0 aromatic heterocycles. The second kappa shape index (κ2) is 2.27. The molecule has 0 fully saturated rings. The van der Waals surface area contributed by atoms with Gasteiger partial charge >= 0.3 is 0 Å². The Morgan fingerprint density at radius 3 is 2.67 bits per heavy atom. The van der Waals surface area contributed by atoms with Crippen molar-refractivity contribution in [2.24, 2.45) is 22.5 Å². The lowest BCUT2D eigenvalue weighted by atomic mass is 9.91. The molecule has 2 unspecified atom stereocenters. The first-order valence-corrected chi connectivity index (χ1v) is 3.90. The summed E-state index contributed by atoms with van der Waals surface area (Å²) in [6.45, 7) is 0. The summed E-state index contributed by atoms with van der Waals surface area (Å²) in [7, 11) is 1.90. The van der Waals surface area contributed by atoms with Crippen molar-refractivity contribution >= 4 is 6.21 Å². The number of nitrogens with zero attached hydrogens (tertiary/aromatic N) is 2. The molecule has 0 spiro atoms. The molecule has 64 valence electrons.